The van der Waals surface area contributed by atoms with Crippen molar-refractivity contribution in [3.8, 4) is 11.3 Å². The Hall–Kier alpha value is -4.00. The summed E-state index contributed by atoms with van der Waals surface area (Å²) in [5.41, 5.74) is 8.52. The minimum atomic E-state index is -0.695. The lowest BCUT2D eigenvalue weighted by molar-refractivity contribution is 0.0734. The van der Waals surface area contributed by atoms with Crippen LogP contribution in [0.1, 0.15) is 39.5 Å². The molecule has 1 atom stereocenters. The molecule has 0 unspecified atom stereocenters. The second-order valence-corrected chi connectivity index (χ2v) is 7.05. The minimum absolute atomic E-state index is 0.0283. The molecule has 0 radical (unpaired) electrons. The standard InChI is InChI=1S/C23H21N5O2/c1-15(16-9-5-3-6-10-16)27(2)23(30)19-13-18(17-11-7-4-8-12-17)26-22-20(21(24)29)25-14-28(19)22/h3-15H,1-2H3,(H2,24,29)/t15-/m1/s1. The molecule has 2 aromatic carbocycles. The molecular weight excluding hydrogens is 378 g/mol. The molecule has 150 valence electrons. The maximum atomic E-state index is 13.5. The van der Waals surface area contributed by atoms with Crippen molar-refractivity contribution in [2.75, 3.05) is 7.05 Å². The van der Waals surface area contributed by atoms with Gasteiger partial charge < -0.3 is 10.6 Å². The van der Waals surface area contributed by atoms with E-state index in [9.17, 15) is 9.59 Å². The van der Waals surface area contributed by atoms with Crippen molar-refractivity contribution in [2.24, 2.45) is 5.73 Å². The molecular formula is C23H21N5O2. The fourth-order valence-corrected chi connectivity index (χ4v) is 3.38. The van der Waals surface area contributed by atoms with Crippen molar-refractivity contribution in [1.82, 2.24) is 19.3 Å². The monoisotopic (exact) mass is 399 g/mol. The van der Waals surface area contributed by atoms with Crippen LogP contribution < -0.4 is 5.73 Å². The number of carbonyl (C=O) groups excluding carboxylic acids is 2. The summed E-state index contributed by atoms with van der Waals surface area (Å²) < 4.78 is 1.52. The summed E-state index contributed by atoms with van der Waals surface area (Å²) >= 11 is 0. The third-order valence-electron chi connectivity index (χ3n) is 5.21. The Kier molecular flexibility index (Phi) is 5.02. The largest absolute Gasteiger partial charge is 0.364 e. The fraction of sp³-hybridized carbons (Fsp3) is 0.130. The number of aromatic nitrogens is 3. The number of rotatable bonds is 5. The van der Waals surface area contributed by atoms with Gasteiger partial charge in [0.2, 0.25) is 0 Å². The van der Waals surface area contributed by atoms with E-state index in [-0.39, 0.29) is 23.3 Å². The Morgan fingerprint density at radius 1 is 1.03 bits per heavy atom. The van der Waals surface area contributed by atoms with Gasteiger partial charge in [0.1, 0.15) is 12.0 Å². The first-order valence-electron chi connectivity index (χ1n) is 9.53. The highest BCUT2D eigenvalue weighted by Crippen LogP contribution is 2.25. The Morgan fingerprint density at radius 2 is 1.67 bits per heavy atom. The number of primary amides is 1. The van der Waals surface area contributed by atoms with Gasteiger partial charge in [0.15, 0.2) is 11.3 Å². The van der Waals surface area contributed by atoms with Gasteiger partial charge in [-0.05, 0) is 18.6 Å². The Bertz CT molecular complexity index is 1220. The van der Waals surface area contributed by atoms with E-state index in [1.807, 2.05) is 67.6 Å². The quantitative estimate of drug-likeness (QED) is 0.557. The van der Waals surface area contributed by atoms with Crippen molar-refractivity contribution in [3.05, 3.63) is 90.0 Å². The van der Waals surface area contributed by atoms with E-state index < -0.39 is 5.91 Å². The first kappa shape index (κ1) is 19.3. The molecule has 4 rings (SSSR count). The molecule has 2 N–H and O–H groups in total. The maximum absolute atomic E-state index is 13.5. The lowest BCUT2D eigenvalue weighted by Crippen LogP contribution is -2.31. The van der Waals surface area contributed by atoms with Crippen LogP contribution in [0.5, 0.6) is 0 Å². The van der Waals surface area contributed by atoms with E-state index in [0.717, 1.165) is 11.1 Å². The lowest BCUT2D eigenvalue weighted by atomic mass is 10.1. The summed E-state index contributed by atoms with van der Waals surface area (Å²) in [7, 11) is 1.75. The molecule has 7 nitrogen and oxygen atoms in total. The molecule has 7 heteroatoms. The third kappa shape index (κ3) is 3.41. The molecule has 0 aliphatic heterocycles. The number of carbonyl (C=O) groups is 2. The molecule has 0 spiro atoms. The second kappa shape index (κ2) is 7.79. The predicted octanol–water partition coefficient (Wildman–Crippen LogP) is 3.33. The van der Waals surface area contributed by atoms with Gasteiger partial charge in [-0.3, -0.25) is 14.0 Å². The zero-order chi connectivity index (χ0) is 21.3. The zero-order valence-electron chi connectivity index (χ0n) is 16.7. The van der Waals surface area contributed by atoms with E-state index in [0.29, 0.717) is 11.4 Å². The van der Waals surface area contributed by atoms with Crippen LogP contribution in [0.2, 0.25) is 0 Å². The Labute approximate surface area is 173 Å². The minimum Gasteiger partial charge on any atom is -0.364 e. The summed E-state index contributed by atoms with van der Waals surface area (Å²) in [6.45, 7) is 1.96. The molecule has 30 heavy (non-hydrogen) atoms. The van der Waals surface area contributed by atoms with E-state index in [2.05, 4.69) is 9.97 Å². The molecule has 0 aliphatic rings. The summed E-state index contributed by atoms with van der Waals surface area (Å²) in [5.74, 6) is -0.913. The number of amides is 2. The molecule has 0 bridgehead atoms. The molecule has 0 saturated heterocycles. The molecule has 2 aromatic heterocycles. The fourth-order valence-electron chi connectivity index (χ4n) is 3.38. The lowest BCUT2D eigenvalue weighted by Gasteiger charge is -2.26. The van der Waals surface area contributed by atoms with E-state index in [1.165, 1.54) is 10.7 Å². The van der Waals surface area contributed by atoms with E-state index in [1.54, 1.807) is 18.0 Å². The van der Waals surface area contributed by atoms with Crippen LogP contribution in [0.15, 0.2) is 73.1 Å². The van der Waals surface area contributed by atoms with Crippen molar-refractivity contribution in [2.45, 2.75) is 13.0 Å². The molecule has 0 saturated carbocycles. The van der Waals surface area contributed by atoms with Crippen LogP contribution in [-0.2, 0) is 0 Å². The summed E-state index contributed by atoms with van der Waals surface area (Å²) in [4.78, 5) is 35.6. The average Bonchev–Trinajstić information content (AvgIpc) is 3.22. The predicted molar refractivity (Wildman–Crippen MR) is 114 cm³/mol. The van der Waals surface area contributed by atoms with E-state index in [4.69, 9.17) is 5.73 Å². The van der Waals surface area contributed by atoms with Crippen LogP contribution in [0, 0.1) is 0 Å². The van der Waals surface area contributed by atoms with Gasteiger partial charge >= 0.3 is 0 Å². The molecule has 2 heterocycles. The average molecular weight is 399 g/mol. The van der Waals surface area contributed by atoms with Crippen molar-refractivity contribution >= 4 is 17.5 Å². The number of hydrogen-bond donors (Lipinski definition) is 1. The summed E-state index contributed by atoms with van der Waals surface area (Å²) in [6.07, 6.45) is 1.41. The molecule has 2 amide bonds. The molecule has 4 aromatic rings. The molecule has 0 fully saturated rings. The number of nitrogens with two attached hydrogens (primary N) is 1. The van der Waals surface area contributed by atoms with Crippen molar-refractivity contribution in [1.29, 1.82) is 0 Å². The van der Waals surface area contributed by atoms with Gasteiger partial charge in [0.05, 0.1) is 11.7 Å². The molecule has 0 aliphatic carbocycles. The number of hydrogen-bond acceptors (Lipinski definition) is 4. The van der Waals surface area contributed by atoms with Crippen LogP contribution in [0.4, 0.5) is 0 Å². The van der Waals surface area contributed by atoms with Crippen LogP contribution in [-0.4, -0.2) is 38.1 Å². The SMILES string of the molecule is C[C@H](c1ccccc1)N(C)C(=O)c1cc(-c2ccccc2)nc2c(C(N)=O)ncn12. The zero-order valence-corrected chi connectivity index (χ0v) is 16.7. The van der Waals surface area contributed by atoms with Gasteiger partial charge in [-0.15, -0.1) is 0 Å². The summed E-state index contributed by atoms with van der Waals surface area (Å²) in [6, 6.07) is 20.8. The topological polar surface area (TPSA) is 93.6 Å². The first-order valence-corrected chi connectivity index (χ1v) is 9.53. The summed E-state index contributed by atoms with van der Waals surface area (Å²) in [5, 5.41) is 0. The second-order valence-electron chi connectivity index (χ2n) is 7.05. The van der Waals surface area contributed by atoms with Crippen molar-refractivity contribution in [3.63, 3.8) is 0 Å². The van der Waals surface area contributed by atoms with Gasteiger partial charge in [-0.2, -0.15) is 0 Å². The van der Waals surface area contributed by atoms with Gasteiger partial charge in [0, 0.05) is 12.6 Å². The Morgan fingerprint density at radius 3 is 2.30 bits per heavy atom. The van der Waals surface area contributed by atoms with Gasteiger partial charge in [0.25, 0.3) is 11.8 Å². The van der Waals surface area contributed by atoms with Crippen LogP contribution in [0.3, 0.4) is 0 Å². The number of imidazole rings is 1. The van der Waals surface area contributed by atoms with E-state index >= 15 is 0 Å². The Balaban J connectivity index is 1.84. The normalized spacial score (nSPS) is 11.9. The third-order valence-corrected chi connectivity index (χ3v) is 5.21. The number of benzene rings is 2. The van der Waals surface area contributed by atoms with Gasteiger partial charge in [-0.25, -0.2) is 9.97 Å². The maximum Gasteiger partial charge on any atom is 0.271 e. The van der Waals surface area contributed by atoms with Crippen molar-refractivity contribution < 1.29 is 9.59 Å². The number of fused-ring (bicyclic) bond motifs is 1. The smallest absolute Gasteiger partial charge is 0.271 e. The van der Waals surface area contributed by atoms with Crippen LogP contribution in [0.25, 0.3) is 16.9 Å². The highest BCUT2D eigenvalue weighted by molar-refractivity contribution is 5.99. The highest BCUT2D eigenvalue weighted by atomic mass is 16.2. The number of nitrogens with zero attached hydrogens (tertiary/aromatic N) is 4. The van der Waals surface area contributed by atoms with Crippen LogP contribution >= 0.6 is 0 Å². The van der Waals surface area contributed by atoms with Gasteiger partial charge in [-0.1, -0.05) is 60.7 Å². The highest BCUT2D eigenvalue weighted by Gasteiger charge is 2.24. The first-order chi connectivity index (χ1) is 14.5.